The van der Waals surface area contributed by atoms with Crippen LogP contribution in [0, 0.1) is 0 Å². The molecule has 1 aliphatic rings. The van der Waals surface area contributed by atoms with Gasteiger partial charge in [0.25, 0.3) is 0 Å². The Hall–Kier alpha value is -1.14. The summed E-state index contributed by atoms with van der Waals surface area (Å²) in [5, 5.41) is 10.7. The summed E-state index contributed by atoms with van der Waals surface area (Å²) in [5.41, 5.74) is 4.01. The van der Waals surface area contributed by atoms with Crippen molar-refractivity contribution in [1.82, 2.24) is 10.6 Å². The largest absolute Gasteiger partial charge is 0.384 e. The number of anilines is 1. The second-order valence-electron chi connectivity index (χ2n) is 6.01. The number of thioether (sulfide) groups is 2. The molecule has 0 fully saturated rings. The smallest absolute Gasteiger partial charge is 0.0386 e. The lowest BCUT2D eigenvalue weighted by Gasteiger charge is -2.13. The number of rotatable bonds is 0. The van der Waals surface area contributed by atoms with Gasteiger partial charge in [0, 0.05) is 60.6 Å². The highest BCUT2D eigenvalue weighted by atomic mass is 32.2. The first kappa shape index (κ1) is 18.6. The van der Waals surface area contributed by atoms with Crippen molar-refractivity contribution >= 4 is 29.2 Å². The lowest BCUT2D eigenvalue weighted by Crippen LogP contribution is -2.20. The van der Waals surface area contributed by atoms with Crippen LogP contribution in [-0.2, 0) is 13.1 Å². The van der Waals surface area contributed by atoms with Gasteiger partial charge < -0.3 is 16.0 Å². The zero-order chi connectivity index (χ0) is 17.2. The summed E-state index contributed by atoms with van der Waals surface area (Å²) in [6.45, 7) is 4.97. The van der Waals surface area contributed by atoms with Crippen molar-refractivity contribution in [3.8, 4) is 0 Å². The first-order chi connectivity index (χ1) is 12.4. The maximum absolute atomic E-state index is 3.61. The summed E-state index contributed by atoms with van der Waals surface area (Å²) >= 11 is 3.95. The minimum Gasteiger partial charge on any atom is -0.384 e. The Morgan fingerprint density at radius 1 is 0.680 bits per heavy atom. The van der Waals surface area contributed by atoms with Gasteiger partial charge in [0.2, 0.25) is 0 Å². The third kappa shape index (κ3) is 6.26. The van der Waals surface area contributed by atoms with E-state index in [1.165, 1.54) is 21.7 Å². The summed E-state index contributed by atoms with van der Waals surface area (Å²) in [4.78, 5) is 1.39. The maximum Gasteiger partial charge on any atom is 0.0386 e. The molecule has 0 spiro atoms. The topological polar surface area (TPSA) is 36.1 Å². The highest BCUT2D eigenvalue weighted by molar-refractivity contribution is 7.99. The predicted molar refractivity (Wildman–Crippen MR) is 113 cm³/mol. The van der Waals surface area contributed by atoms with Crippen LogP contribution in [0.25, 0.3) is 0 Å². The summed E-state index contributed by atoms with van der Waals surface area (Å²) in [5.74, 6) is 3.38. The molecule has 25 heavy (non-hydrogen) atoms. The van der Waals surface area contributed by atoms with Crippen LogP contribution in [0.3, 0.4) is 0 Å². The van der Waals surface area contributed by atoms with Gasteiger partial charge in [-0.25, -0.2) is 0 Å². The van der Waals surface area contributed by atoms with Crippen molar-refractivity contribution in [1.29, 1.82) is 0 Å². The molecule has 0 aliphatic carbocycles. The second kappa shape index (κ2) is 10.8. The van der Waals surface area contributed by atoms with Crippen molar-refractivity contribution in [2.75, 3.05) is 42.2 Å². The number of hydrogen-bond donors (Lipinski definition) is 3. The van der Waals surface area contributed by atoms with Crippen molar-refractivity contribution in [2.45, 2.75) is 18.0 Å². The normalized spacial score (nSPS) is 17.6. The molecule has 3 N–H and O–H groups in total. The monoisotopic (exact) mass is 373 g/mol. The maximum atomic E-state index is 3.61. The van der Waals surface area contributed by atoms with Crippen LogP contribution in [0.2, 0.25) is 0 Å². The number of nitrogens with one attached hydrogen (secondary N) is 3. The van der Waals surface area contributed by atoms with Gasteiger partial charge in [-0.3, -0.25) is 0 Å². The molecule has 3 nitrogen and oxygen atoms in total. The van der Waals surface area contributed by atoms with E-state index in [0.29, 0.717) is 0 Å². The second-order valence-corrected chi connectivity index (χ2v) is 8.37. The standard InChI is InChI=1S/C20H27N3S2/c1-3-7-19-17(5-1)15-21-9-12-24-13-10-22-16-18-6-2-4-8-20(18)25-14-11-23-19/h1-8,21-23H,9-16H2. The zero-order valence-electron chi connectivity index (χ0n) is 14.6. The van der Waals surface area contributed by atoms with Gasteiger partial charge in [-0.2, -0.15) is 11.8 Å². The Morgan fingerprint density at radius 2 is 1.36 bits per heavy atom. The highest BCUT2D eigenvalue weighted by Gasteiger charge is 2.04. The first-order valence-electron chi connectivity index (χ1n) is 8.95. The molecule has 0 saturated heterocycles. The van der Waals surface area contributed by atoms with Crippen molar-refractivity contribution in [2.24, 2.45) is 0 Å². The van der Waals surface area contributed by atoms with Gasteiger partial charge in [0.05, 0.1) is 0 Å². The van der Waals surface area contributed by atoms with Crippen LogP contribution in [0.1, 0.15) is 11.1 Å². The number of para-hydroxylation sites is 1. The third-order valence-corrected chi connectivity index (χ3v) is 6.25. The van der Waals surface area contributed by atoms with E-state index in [4.69, 9.17) is 0 Å². The molecule has 134 valence electrons. The molecule has 0 amide bonds. The molecule has 1 aliphatic heterocycles. The van der Waals surface area contributed by atoms with Crippen molar-refractivity contribution in [3.63, 3.8) is 0 Å². The van der Waals surface area contributed by atoms with Gasteiger partial charge in [0.15, 0.2) is 0 Å². The fourth-order valence-corrected chi connectivity index (χ4v) is 4.53. The molecular formula is C20H27N3S2. The molecule has 0 bridgehead atoms. The van der Waals surface area contributed by atoms with Crippen LogP contribution in [0.4, 0.5) is 5.69 Å². The zero-order valence-corrected chi connectivity index (χ0v) is 16.2. The van der Waals surface area contributed by atoms with E-state index in [1.807, 2.05) is 23.5 Å². The predicted octanol–water partition coefficient (Wildman–Crippen LogP) is 3.82. The first-order valence-corrected chi connectivity index (χ1v) is 11.1. The fraction of sp³-hybridized carbons (Fsp3) is 0.400. The third-order valence-electron chi connectivity index (χ3n) is 4.14. The van der Waals surface area contributed by atoms with Gasteiger partial charge in [0.1, 0.15) is 0 Å². The van der Waals surface area contributed by atoms with E-state index in [2.05, 4.69) is 64.5 Å². The molecule has 0 saturated carbocycles. The van der Waals surface area contributed by atoms with Gasteiger partial charge in [-0.15, -0.1) is 11.8 Å². The van der Waals surface area contributed by atoms with Crippen molar-refractivity contribution in [3.05, 3.63) is 59.7 Å². The van der Waals surface area contributed by atoms with Gasteiger partial charge >= 0.3 is 0 Å². The van der Waals surface area contributed by atoms with E-state index in [9.17, 15) is 0 Å². The Labute approximate surface area is 159 Å². The van der Waals surface area contributed by atoms with Crippen LogP contribution < -0.4 is 16.0 Å². The van der Waals surface area contributed by atoms with E-state index in [-0.39, 0.29) is 0 Å². The lowest BCUT2D eigenvalue weighted by molar-refractivity contribution is 0.719. The Kier molecular flexibility index (Phi) is 8.03. The lowest BCUT2D eigenvalue weighted by atomic mass is 10.1. The quantitative estimate of drug-likeness (QED) is 0.654. The molecule has 0 radical (unpaired) electrons. The van der Waals surface area contributed by atoms with Crippen molar-refractivity contribution < 1.29 is 0 Å². The fourth-order valence-electron chi connectivity index (χ4n) is 2.82. The molecule has 2 aromatic rings. The van der Waals surface area contributed by atoms with E-state index in [1.54, 1.807) is 0 Å². The van der Waals surface area contributed by atoms with E-state index >= 15 is 0 Å². The molecule has 5 heteroatoms. The summed E-state index contributed by atoms with van der Waals surface area (Å²) < 4.78 is 0. The average Bonchev–Trinajstić information content (AvgIpc) is 2.65. The molecule has 0 aromatic heterocycles. The summed E-state index contributed by atoms with van der Waals surface area (Å²) in [7, 11) is 0. The molecule has 2 aromatic carbocycles. The Bertz CT molecular complexity index is 593. The summed E-state index contributed by atoms with van der Waals surface area (Å²) in [6, 6.07) is 17.4. The Balaban J connectivity index is 1.64. The molecular weight excluding hydrogens is 346 g/mol. The van der Waals surface area contributed by atoms with E-state index in [0.717, 1.165) is 50.0 Å². The Morgan fingerprint density at radius 3 is 2.20 bits per heavy atom. The minimum absolute atomic E-state index is 0.929. The van der Waals surface area contributed by atoms with E-state index < -0.39 is 0 Å². The van der Waals surface area contributed by atoms with Crippen LogP contribution in [0.5, 0.6) is 0 Å². The molecule has 0 unspecified atom stereocenters. The number of benzene rings is 2. The van der Waals surface area contributed by atoms with Crippen LogP contribution >= 0.6 is 23.5 Å². The van der Waals surface area contributed by atoms with Gasteiger partial charge in [-0.1, -0.05) is 36.4 Å². The molecule has 3 rings (SSSR count). The molecule has 1 heterocycles. The minimum atomic E-state index is 0.929. The number of hydrogen-bond acceptors (Lipinski definition) is 5. The number of fused-ring (bicyclic) bond motifs is 2. The SMILES string of the molecule is c1ccc2c(c1)CNCCSCCNCc1ccccc1SCCN2. The highest BCUT2D eigenvalue weighted by Crippen LogP contribution is 2.23. The van der Waals surface area contributed by atoms with Crippen LogP contribution in [0.15, 0.2) is 53.4 Å². The molecule has 0 atom stereocenters. The van der Waals surface area contributed by atoms with Gasteiger partial charge in [-0.05, 0) is 23.3 Å². The van der Waals surface area contributed by atoms with Crippen LogP contribution in [-0.4, -0.2) is 36.9 Å². The average molecular weight is 374 g/mol. The summed E-state index contributed by atoms with van der Waals surface area (Å²) in [6.07, 6.45) is 0.